The standard InChI is InChI=1S/C18H26N2O2/c1-15-5-2-11-19(15)12-4-14-22-17-9-7-16(8-10-17)20-13-3-6-18(20)21/h7-10,15H,2-6,11-14H2,1H3/t15-/m0/s1. The summed E-state index contributed by atoms with van der Waals surface area (Å²) in [6.07, 6.45) is 5.37. The van der Waals surface area contributed by atoms with Crippen LogP contribution in [0.4, 0.5) is 5.69 Å². The lowest BCUT2D eigenvalue weighted by molar-refractivity contribution is -0.117. The van der Waals surface area contributed by atoms with Gasteiger partial charge < -0.3 is 14.5 Å². The van der Waals surface area contributed by atoms with Crippen LogP contribution < -0.4 is 9.64 Å². The third-order valence-electron chi connectivity index (χ3n) is 4.77. The Morgan fingerprint density at radius 1 is 1.18 bits per heavy atom. The van der Waals surface area contributed by atoms with E-state index in [1.807, 2.05) is 29.2 Å². The molecule has 2 aliphatic heterocycles. The fraction of sp³-hybridized carbons (Fsp3) is 0.611. The number of rotatable bonds is 6. The van der Waals surface area contributed by atoms with Crippen molar-refractivity contribution in [2.45, 2.75) is 45.1 Å². The van der Waals surface area contributed by atoms with Crippen molar-refractivity contribution in [2.75, 3.05) is 31.1 Å². The van der Waals surface area contributed by atoms with Gasteiger partial charge in [0.05, 0.1) is 6.61 Å². The number of hydrogen-bond acceptors (Lipinski definition) is 3. The van der Waals surface area contributed by atoms with Crippen molar-refractivity contribution in [3.05, 3.63) is 24.3 Å². The summed E-state index contributed by atoms with van der Waals surface area (Å²) in [6, 6.07) is 8.65. The summed E-state index contributed by atoms with van der Waals surface area (Å²) >= 11 is 0. The molecule has 2 aliphatic rings. The maximum Gasteiger partial charge on any atom is 0.227 e. The highest BCUT2D eigenvalue weighted by Gasteiger charge is 2.21. The Hall–Kier alpha value is -1.55. The quantitative estimate of drug-likeness (QED) is 0.757. The minimum absolute atomic E-state index is 0.230. The average molecular weight is 302 g/mol. The Labute approximate surface area is 133 Å². The molecule has 0 aliphatic carbocycles. The summed E-state index contributed by atoms with van der Waals surface area (Å²) in [7, 11) is 0. The first kappa shape index (κ1) is 15.3. The number of ether oxygens (including phenoxy) is 1. The lowest BCUT2D eigenvalue weighted by Gasteiger charge is -2.20. The minimum atomic E-state index is 0.230. The molecule has 2 heterocycles. The molecule has 0 saturated carbocycles. The highest BCUT2D eigenvalue weighted by molar-refractivity contribution is 5.95. The normalized spacial score (nSPS) is 22.5. The Balaban J connectivity index is 1.42. The number of likely N-dealkylation sites (tertiary alicyclic amines) is 1. The van der Waals surface area contributed by atoms with Crippen molar-refractivity contribution in [1.29, 1.82) is 0 Å². The van der Waals surface area contributed by atoms with Crippen molar-refractivity contribution in [2.24, 2.45) is 0 Å². The monoisotopic (exact) mass is 302 g/mol. The van der Waals surface area contributed by atoms with Gasteiger partial charge in [-0.3, -0.25) is 4.79 Å². The molecule has 0 bridgehead atoms. The smallest absolute Gasteiger partial charge is 0.227 e. The van der Waals surface area contributed by atoms with E-state index in [2.05, 4.69) is 11.8 Å². The van der Waals surface area contributed by atoms with Crippen molar-refractivity contribution in [3.8, 4) is 5.75 Å². The molecule has 0 unspecified atom stereocenters. The third kappa shape index (κ3) is 3.61. The first-order valence-electron chi connectivity index (χ1n) is 8.51. The van der Waals surface area contributed by atoms with E-state index in [9.17, 15) is 4.79 Å². The van der Waals surface area contributed by atoms with E-state index in [0.717, 1.165) is 50.0 Å². The second-order valence-corrected chi connectivity index (χ2v) is 6.37. The maximum absolute atomic E-state index is 11.7. The summed E-state index contributed by atoms with van der Waals surface area (Å²) in [4.78, 5) is 16.1. The van der Waals surface area contributed by atoms with Gasteiger partial charge >= 0.3 is 0 Å². The number of benzene rings is 1. The molecule has 3 rings (SSSR count). The number of carbonyl (C=O) groups excluding carboxylic acids is 1. The third-order valence-corrected chi connectivity index (χ3v) is 4.77. The zero-order chi connectivity index (χ0) is 15.4. The Bertz CT molecular complexity index is 500. The Morgan fingerprint density at radius 2 is 2.00 bits per heavy atom. The van der Waals surface area contributed by atoms with Gasteiger partial charge in [0.25, 0.3) is 0 Å². The van der Waals surface area contributed by atoms with Crippen molar-refractivity contribution >= 4 is 11.6 Å². The zero-order valence-electron chi connectivity index (χ0n) is 13.5. The molecular formula is C18H26N2O2. The number of amides is 1. The second-order valence-electron chi connectivity index (χ2n) is 6.37. The minimum Gasteiger partial charge on any atom is -0.494 e. The molecular weight excluding hydrogens is 276 g/mol. The van der Waals surface area contributed by atoms with Crippen LogP contribution in [0.5, 0.6) is 5.75 Å². The molecule has 0 radical (unpaired) electrons. The molecule has 2 fully saturated rings. The Morgan fingerprint density at radius 3 is 2.64 bits per heavy atom. The molecule has 1 amide bonds. The van der Waals surface area contributed by atoms with Gasteiger partial charge in [0, 0.05) is 31.2 Å². The van der Waals surface area contributed by atoms with Gasteiger partial charge in [-0.25, -0.2) is 0 Å². The number of hydrogen-bond donors (Lipinski definition) is 0. The molecule has 1 aromatic rings. The van der Waals surface area contributed by atoms with E-state index in [1.54, 1.807) is 0 Å². The lowest BCUT2D eigenvalue weighted by atomic mass is 10.2. The van der Waals surface area contributed by atoms with Gasteiger partial charge in [0.2, 0.25) is 5.91 Å². The largest absolute Gasteiger partial charge is 0.494 e. The summed E-state index contributed by atoms with van der Waals surface area (Å²) < 4.78 is 5.82. The van der Waals surface area contributed by atoms with E-state index in [0.29, 0.717) is 6.42 Å². The molecule has 4 heteroatoms. The van der Waals surface area contributed by atoms with Gasteiger partial charge in [0.15, 0.2) is 0 Å². The summed E-state index contributed by atoms with van der Waals surface area (Å²) in [5, 5.41) is 0. The van der Waals surface area contributed by atoms with Gasteiger partial charge in [-0.15, -0.1) is 0 Å². The zero-order valence-corrected chi connectivity index (χ0v) is 13.5. The molecule has 22 heavy (non-hydrogen) atoms. The summed E-state index contributed by atoms with van der Waals surface area (Å²) in [6.45, 7) is 6.27. The van der Waals surface area contributed by atoms with E-state index >= 15 is 0 Å². The SMILES string of the molecule is C[C@H]1CCCN1CCCOc1ccc(N2CCCC2=O)cc1. The topological polar surface area (TPSA) is 32.8 Å². The van der Waals surface area contributed by atoms with Crippen LogP contribution in [0, 0.1) is 0 Å². The highest BCUT2D eigenvalue weighted by atomic mass is 16.5. The van der Waals surface area contributed by atoms with Crippen LogP contribution in [0.15, 0.2) is 24.3 Å². The van der Waals surface area contributed by atoms with Crippen LogP contribution in [0.3, 0.4) is 0 Å². The van der Waals surface area contributed by atoms with Crippen LogP contribution in [-0.4, -0.2) is 43.1 Å². The molecule has 0 aromatic heterocycles. The van der Waals surface area contributed by atoms with Gasteiger partial charge in [-0.1, -0.05) is 0 Å². The first-order valence-corrected chi connectivity index (χ1v) is 8.51. The van der Waals surface area contributed by atoms with Crippen LogP contribution in [0.25, 0.3) is 0 Å². The number of anilines is 1. The van der Waals surface area contributed by atoms with Crippen molar-refractivity contribution < 1.29 is 9.53 Å². The van der Waals surface area contributed by atoms with Crippen molar-refractivity contribution in [3.63, 3.8) is 0 Å². The first-order chi connectivity index (χ1) is 10.7. The van der Waals surface area contributed by atoms with Crippen LogP contribution in [-0.2, 0) is 4.79 Å². The van der Waals surface area contributed by atoms with Gasteiger partial charge in [0.1, 0.15) is 5.75 Å². The predicted octanol–water partition coefficient (Wildman–Crippen LogP) is 3.07. The van der Waals surface area contributed by atoms with E-state index in [-0.39, 0.29) is 5.91 Å². The maximum atomic E-state index is 11.7. The fourth-order valence-electron chi connectivity index (χ4n) is 3.43. The molecule has 2 saturated heterocycles. The van der Waals surface area contributed by atoms with E-state index in [4.69, 9.17) is 4.74 Å². The van der Waals surface area contributed by atoms with Crippen LogP contribution in [0.1, 0.15) is 39.0 Å². The molecule has 0 N–H and O–H groups in total. The van der Waals surface area contributed by atoms with Crippen LogP contribution in [0.2, 0.25) is 0 Å². The van der Waals surface area contributed by atoms with E-state index in [1.165, 1.54) is 19.4 Å². The summed E-state index contributed by atoms with van der Waals surface area (Å²) in [5.41, 5.74) is 0.987. The molecule has 4 nitrogen and oxygen atoms in total. The van der Waals surface area contributed by atoms with Gasteiger partial charge in [-0.2, -0.15) is 0 Å². The summed E-state index contributed by atoms with van der Waals surface area (Å²) in [5.74, 6) is 1.12. The Kier molecular flexibility index (Phi) is 4.98. The van der Waals surface area contributed by atoms with E-state index < -0.39 is 0 Å². The molecule has 0 spiro atoms. The molecule has 120 valence electrons. The lowest BCUT2D eigenvalue weighted by Crippen LogP contribution is -2.28. The molecule has 1 aromatic carbocycles. The van der Waals surface area contributed by atoms with Gasteiger partial charge in [-0.05, 0) is 63.4 Å². The average Bonchev–Trinajstić information content (AvgIpc) is 3.13. The number of carbonyl (C=O) groups is 1. The molecule has 1 atom stereocenters. The number of nitrogens with zero attached hydrogens (tertiary/aromatic N) is 2. The second kappa shape index (κ2) is 7.14. The predicted molar refractivity (Wildman–Crippen MR) is 88.4 cm³/mol. The highest BCUT2D eigenvalue weighted by Crippen LogP contribution is 2.24. The van der Waals surface area contributed by atoms with Crippen molar-refractivity contribution in [1.82, 2.24) is 4.90 Å². The van der Waals surface area contributed by atoms with Crippen LogP contribution >= 0.6 is 0 Å². The fourth-order valence-corrected chi connectivity index (χ4v) is 3.43.